The lowest BCUT2D eigenvalue weighted by molar-refractivity contribution is -0.181. The lowest BCUT2D eigenvalue weighted by Crippen LogP contribution is -2.56. The Bertz CT molecular complexity index is 779. The fourth-order valence-corrected chi connectivity index (χ4v) is 3.68. The molecule has 1 atom stereocenters. The smallest absolute Gasteiger partial charge is 0.352 e. The van der Waals surface area contributed by atoms with E-state index >= 15 is 0 Å². The summed E-state index contributed by atoms with van der Waals surface area (Å²) in [6.45, 7) is 3.10. The topological polar surface area (TPSA) is 77.0 Å². The highest BCUT2D eigenvalue weighted by Gasteiger charge is 2.41. The van der Waals surface area contributed by atoms with Crippen molar-refractivity contribution in [2.45, 2.75) is 30.6 Å². The average molecular weight is 549 g/mol. The highest BCUT2D eigenvalue weighted by atomic mass is 127. The molecule has 1 aliphatic rings. The monoisotopic (exact) mass is 549 g/mol. The number of halogens is 4. The fraction of sp³-hybridized carbons (Fsp3) is 0.588. The molecule has 7 nitrogen and oxygen atoms in total. The third kappa shape index (κ3) is 6.96. The van der Waals surface area contributed by atoms with Gasteiger partial charge in [-0.2, -0.15) is 13.2 Å². The standard InChI is InChI=1S/C17H26F3N5O2S.HI/c1-13(17(18,19)20)24-8-10-25(11-9-24)16(21-2)23-12-14-4-6-15(7-5-14)28(26,27)22-3;/h4-7,13,22H,8-12H2,1-3H3,(H,21,23);1H. The molecule has 2 N–H and O–H groups in total. The van der Waals surface area contributed by atoms with Gasteiger partial charge in [-0.05, 0) is 31.7 Å². The van der Waals surface area contributed by atoms with Gasteiger partial charge >= 0.3 is 6.18 Å². The number of piperazine rings is 1. The van der Waals surface area contributed by atoms with Gasteiger partial charge in [0.1, 0.15) is 6.04 Å². The first-order valence-corrected chi connectivity index (χ1v) is 10.4. The summed E-state index contributed by atoms with van der Waals surface area (Å²) >= 11 is 0. The van der Waals surface area contributed by atoms with Crippen LogP contribution in [0.4, 0.5) is 13.2 Å². The van der Waals surface area contributed by atoms with Gasteiger partial charge in [-0.1, -0.05) is 12.1 Å². The van der Waals surface area contributed by atoms with Gasteiger partial charge in [0.2, 0.25) is 10.0 Å². The van der Waals surface area contributed by atoms with Crippen LogP contribution >= 0.6 is 24.0 Å². The molecule has 0 bridgehead atoms. The summed E-state index contributed by atoms with van der Waals surface area (Å²) in [5, 5.41) is 3.17. The van der Waals surface area contributed by atoms with Crippen molar-refractivity contribution in [1.29, 1.82) is 0 Å². The van der Waals surface area contributed by atoms with E-state index in [4.69, 9.17) is 0 Å². The first-order valence-electron chi connectivity index (χ1n) is 8.87. The summed E-state index contributed by atoms with van der Waals surface area (Å²) in [5.74, 6) is 0.603. The van der Waals surface area contributed by atoms with E-state index in [-0.39, 0.29) is 28.9 Å². The Kier molecular flexibility index (Phi) is 9.63. The largest absolute Gasteiger partial charge is 0.403 e. The van der Waals surface area contributed by atoms with Crippen LogP contribution in [-0.2, 0) is 16.6 Å². The Hall–Kier alpha value is -1.12. The van der Waals surface area contributed by atoms with Crippen molar-refractivity contribution in [3.63, 3.8) is 0 Å². The molecular weight excluding hydrogens is 522 g/mol. The quantitative estimate of drug-likeness (QED) is 0.333. The van der Waals surface area contributed by atoms with E-state index in [0.717, 1.165) is 5.56 Å². The Morgan fingerprint density at radius 3 is 2.17 bits per heavy atom. The summed E-state index contributed by atoms with van der Waals surface area (Å²) in [7, 11) is -0.506. The van der Waals surface area contributed by atoms with E-state index in [1.165, 1.54) is 31.0 Å². The molecule has 1 aliphatic heterocycles. The predicted octanol–water partition coefficient (Wildman–Crippen LogP) is 1.86. The molecule has 1 heterocycles. The van der Waals surface area contributed by atoms with Crippen LogP contribution in [0.3, 0.4) is 0 Å². The van der Waals surface area contributed by atoms with E-state index in [0.29, 0.717) is 38.7 Å². The van der Waals surface area contributed by atoms with Crippen LogP contribution in [0.5, 0.6) is 0 Å². The SMILES string of the molecule is CN=C(NCc1ccc(S(=O)(=O)NC)cc1)N1CCN(C(C)C(F)(F)F)CC1.I. The highest BCUT2D eigenvalue weighted by Crippen LogP contribution is 2.25. The molecule has 12 heteroatoms. The fourth-order valence-electron chi connectivity index (χ4n) is 2.95. The number of nitrogens with one attached hydrogen (secondary N) is 2. The molecule has 1 aromatic carbocycles. The number of rotatable bonds is 5. The van der Waals surface area contributed by atoms with Crippen LogP contribution in [0.2, 0.25) is 0 Å². The number of aliphatic imine (C=N–C) groups is 1. The molecule has 1 fully saturated rings. The molecule has 0 amide bonds. The van der Waals surface area contributed by atoms with Crippen molar-refractivity contribution in [2.75, 3.05) is 40.3 Å². The number of hydrogen-bond donors (Lipinski definition) is 2. The molecule has 0 aliphatic carbocycles. The Balaban J connectivity index is 0.00000420. The molecule has 166 valence electrons. The second kappa shape index (κ2) is 10.8. The van der Waals surface area contributed by atoms with Crippen molar-refractivity contribution in [1.82, 2.24) is 19.8 Å². The summed E-state index contributed by atoms with van der Waals surface area (Å²) in [4.78, 5) is 7.72. The number of guanidine groups is 1. The summed E-state index contributed by atoms with van der Waals surface area (Å²) < 4.78 is 64.3. The van der Waals surface area contributed by atoms with Crippen molar-refractivity contribution >= 4 is 40.0 Å². The third-order valence-electron chi connectivity index (χ3n) is 4.80. The molecule has 2 rings (SSSR count). The Morgan fingerprint density at radius 2 is 1.72 bits per heavy atom. The van der Waals surface area contributed by atoms with Crippen molar-refractivity contribution < 1.29 is 21.6 Å². The zero-order valence-corrected chi connectivity index (χ0v) is 19.7. The van der Waals surface area contributed by atoms with Crippen LogP contribution in [-0.4, -0.2) is 76.7 Å². The van der Waals surface area contributed by atoms with Gasteiger partial charge in [0.05, 0.1) is 4.90 Å². The number of nitrogens with zero attached hydrogens (tertiary/aromatic N) is 3. The normalized spacial score (nSPS) is 17.6. The van der Waals surface area contributed by atoms with E-state index in [1.54, 1.807) is 19.2 Å². The van der Waals surface area contributed by atoms with Gasteiger partial charge in [0, 0.05) is 39.8 Å². The van der Waals surface area contributed by atoms with Crippen LogP contribution in [0.1, 0.15) is 12.5 Å². The van der Waals surface area contributed by atoms with Gasteiger partial charge in [0.15, 0.2) is 5.96 Å². The number of alkyl halides is 3. The van der Waals surface area contributed by atoms with Gasteiger partial charge < -0.3 is 10.2 Å². The Labute approximate surface area is 186 Å². The summed E-state index contributed by atoms with van der Waals surface area (Å²) in [6.07, 6.45) is -4.23. The molecule has 0 saturated carbocycles. The molecule has 1 unspecified atom stereocenters. The molecule has 1 saturated heterocycles. The minimum absolute atomic E-state index is 0. The van der Waals surface area contributed by atoms with Crippen LogP contribution in [0.25, 0.3) is 0 Å². The summed E-state index contributed by atoms with van der Waals surface area (Å²) in [5.41, 5.74) is 0.862. The van der Waals surface area contributed by atoms with Crippen molar-refractivity contribution in [3.05, 3.63) is 29.8 Å². The van der Waals surface area contributed by atoms with E-state index < -0.39 is 22.2 Å². The van der Waals surface area contributed by atoms with E-state index in [2.05, 4.69) is 15.0 Å². The molecule has 0 spiro atoms. The zero-order chi connectivity index (χ0) is 20.9. The first-order chi connectivity index (χ1) is 13.1. The van der Waals surface area contributed by atoms with Gasteiger partial charge in [-0.15, -0.1) is 24.0 Å². The molecule has 29 heavy (non-hydrogen) atoms. The minimum atomic E-state index is -4.23. The van der Waals surface area contributed by atoms with Crippen molar-refractivity contribution in [3.8, 4) is 0 Å². The maximum Gasteiger partial charge on any atom is 0.403 e. The third-order valence-corrected chi connectivity index (χ3v) is 6.23. The zero-order valence-electron chi connectivity index (χ0n) is 16.5. The lowest BCUT2D eigenvalue weighted by Gasteiger charge is -2.39. The maximum atomic E-state index is 12.9. The van der Waals surface area contributed by atoms with Gasteiger partial charge in [0.25, 0.3) is 0 Å². The van der Waals surface area contributed by atoms with Crippen LogP contribution in [0.15, 0.2) is 34.2 Å². The minimum Gasteiger partial charge on any atom is -0.352 e. The van der Waals surface area contributed by atoms with Gasteiger partial charge in [-0.25, -0.2) is 13.1 Å². The van der Waals surface area contributed by atoms with Crippen LogP contribution < -0.4 is 10.0 Å². The predicted molar refractivity (Wildman–Crippen MR) is 117 cm³/mol. The summed E-state index contributed by atoms with van der Waals surface area (Å²) in [6, 6.07) is 4.98. The molecule has 0 radical (unpaired) electrons. The maximum absolute atomic E-state index is 12.9. The van der Waals surface area contributed by atoms with E-state index in [9.17, 15) is 21.6 Å². The number of sulfonamides is 1. The Morgan fingerprint density at radius 1 is 1.17 bits per heavy atom. The molecule has 0 aromatic heterocycles. The molecular formula is C17H27F3IN5O2S. The first kappa shape index (κ1) is 25.9. The number of benzene rings is 1. The second-order valence-electron chi connectivity index (χ2n) is 6.49. The number of hydrogen-bond acceptors (Lipinski definition) is 4. The van der Waals surface area contributed by atoms with Crippen molar-refractivity contribution in [2.24, 2.45) is 4.99 Å². The van der Waals surface area contributed by atoms with E-state index in [1.807, 2.05) is 4.90 Å². The highest BCUT2D eigenvalue weighted by molar-refractivity contribution is 14.0. The lowest BCUT2D eigenvalue weighted by atomic mass is 10.2. The van der Waals surface area contributed by atoms with Gasteiger partial charge in [-0.3, -0.25) is 9.89 Å². The average Bonchev–Trinajstić information content (AvgIpc) is 2.68. The molecule has 1 aromatic rings. The van der Waals surface area contributed by atoms with Crippen LogP contribution in [0, 0.1) is 0 Å². The second-order valence-corrected chi connectivity index (χ2v) is 8.38.